The molecular formula is C23H23N3O3. The van der Waals surface area contributed by atoms with Crippen LogP contribution in [-0.4, -0.2) is 18.5 Å². The first-order valence-electron chi connectivity index (χ1n) is 9.24. The summed E-state index contributed by atoms with van der Waals surface area (Å²) in [7, 11) is 0. The molecule has 0 radical (unpaired) electrons. The quantitative estimate of drug-likeness (QED) is 0.641. The molecular weight excluding hydrogens is 366 g/mol. The van der Waals surface area contributed by atoms with Gasteiger partial charge in [-0.15, -0.1) is 0 Å². The van der Waals surface area contributed by atoms with Crippen LogP contribution in [0.2, 0.25) is 0 Å². The highest BCUT2D eigenvalue weighted by Gasteiger charge is 2.18. The maximum absolute atomic E-state index is 12.8. The minimum absolute atomic E-state index is 0.206. The molecule has 0 aliphatic carbocycles. The van der Waals surface area contributed by atoms with E-state index in [4.69, 9.17) is 4.74 Å². The molecule has 29 heavy (non-hydrogen) atoms. The van der Waals surface area contributed by atoms with Crippen LogP contribution in [0.25, 0.3) is 0 Å². The number of amides is 3. The third kappa shape index (κ3) is 5.13. The van der Waals surface area contributed by atoms with E-state index in [9.17, 15) is 9.59 Å². The van der Waals surface area contributed by atoms with E-state index >= 15 is 0 Å². The third-order valence-electron chi connectivity index (χ3n) is 4.30. The molecule has 3 amide bonds. The maximum atomic E-state index is 12.8. The summed E-state index contributed by atoms with van der Waals surface area (Å²) in [5.41, 5.74) is 8.11. The number of benzene rings is 3. The Balaban J connectivity index is 1.63. The summed E-state index contributed by atoms with van der Waals surface area (Å²) in [5.74, 6) is 0.214. The third-order valence-corrected chi connectivity index (χ3v) is 4.30. The Labute approximate surface area is 170 Å². The molecule has 0 heterocycles. The van der Waals surface area contributed by atoms with Crippen LogP contribution in [-0.2, 0) is 4.79 Å². The van der Waals surface area contributed by atoms with Crippen molar-refractivity contribution >= 4 is 23.3 Å². The number of carbonyl (C=O) groups is 2. The molecule has 2 N–H and O–H groups in total. The average Bonchev–Trinajstić information content (AvgIpc) is 2.74. The van der Waals surface area contributed by atoms with Gasteiger partial charge in [0.05, 0.1) is 11.4 Å². The zero-order valence-electron chi connectivity index (χ0n) is 16.4. The molecule has 3 aromatic carbocycles. The fourth-order valence-electron chi connectivity index (χ4n) is 2.92. The van der Waals surface area contributed by atoms with E-state index in [0.29, 0.717) is 17.1 Å². The van der Waals surface area contributed by atoms with Crippen LogP contribution in [0.15, 0.2) is 78.9 Å². The lowest BCUT2D eigenvalue weighted by Gasteiger charge is -2.23. The Bertz CT molecular complexity index is 915. The Kier molecular flexibility index (Phi) is 6.47. The normalized spacial score (nSPS) is 10.1. The molecule has 148 valence electrons. The van der Waals surface area contributed by atoms with Crippen molar-refractivity contribution in [1.82, 2.24) is 10.9 Å². The molecule has 0 atom stereocenters. The van der Waals surface area contributed by atoms with E-state index in [1.54, 1.807) is 0 Å². The summed E-state index contributed by atoms with van der Waals surface area (Å²) in [6.07, 6.45) is 0. The van der Waals surface area contributed by atoms with E-state index < -0.39 is 11.9 Å². The summed E-state index contributed by atoms with van der Waals surface area (Å²) >= 11 is 0. The fourth-order valence-corrected chi connectivity index (χ4v) is 2.92. The maximum Gasteiger partial charge on any atom is 0.345 e. The molecule has 0 aliphatic rings. The fraction of sp³-hybridized carbons (Fsp3) is 0.130. The number of para-hydroxylation sites is 3. The second-order valence-electron chi connectivity index (χ2n) is 6.49. The second-order valence-corrected chi connectivity index (χ2v) is 6.49. The lowest BCUT2D eigenvalue weighted by Crippen LogP contribution is -2.48. The van der Waals surface area contributed by atoms with Gasteiger partial charge in [0.25, 0.3) is 5.91 Å². The van der Waals surface area contributed by atoms with Crippen LogP contribution in [0.5, 0.6) is 5.75 Å². The number of nitrogens with one attached hydrogen (secondary N) is 2. The van der Waals surface area contributed by atoms with Crippen molar-refractivity contribution in [3.8, 4) is 5.75 Å². The van der Waals surface area contributed by atoms with E-state index in [-0.39, 0.29) is 6.61 Å². The van der Waals surface area contributed by atoms with Crippen molar-refractivity contribution in [2.75, 3.05) is 11.5 Å². The van der Waals surface area contributed by atoms with Crippen LogP contribution in [0.4, 0.5) is 16.2 Å². The lowest BCUT2D eigenvalue weighted by molar-refractivity contribution is -0.123. The summed E-state index contributed by atoms with van der Waals surface area (Å²) in [6, 6.07) is 23.7. The van der Waals surface area contributed by atoms with E-state index in [1.807, 2.05) is 92.7 Å². The van der Waals surface area contributed by atoms with E-state index in [0.717, 1.165) is 11.1 Å². The summed E-state index contributed by atoms with van der Waals surface area (Å²) in [6.45, 7) is 3.63. The molecule has 0 fully saturated rings. The molecule has 0 spiro atoms. The molecule has 0 bridgehead atoms. The monoisotopic (exact) mass is 389 g/mol. The number of aryl methyl sites for hydroxylation is 2. The number of ether oxygens (including phenoxy) is 1. The van der Waals surface area contributed by atoms with Crippen molar-refractivity contribution in [2.24, 2.45) is 0 Å². The predicted octanol–water partition coefficient (Wildman–Crippen LogP) is 4.26. The SMILES string of the molecule is Cc1cccc(C)c1OCC(=O)NNC(=O)N(c1ccccc1)c1ccccc1. The van der Waals surface area contributed by atoms with Crippen LogP contribution in [0.3, 0.4) is 0 Å². The Morgan fingerprint density at radius 3 is 1.79 bits per heavy atom. The molecule has 0 aromatic heterocycles. The van der Waals surface area contributed by atoms with Crippen LogP contribution < -0.4 is 20.5 Å². The smallest absolute Gasteiger partial charge is 0.345 e. The molecule has 0 aliphatic heterocycles. The molecule has 0 unspecified atom stereocenters. The molecule has 3 aromatic rings. The van der Waals surface area contributed by atoms with Crippen LogP contribution in [0, 0.1) is 13.8 Å². The Morgan fingerprint density at radius 2 is 1.28 bits per heavy atom. The van der Waals surface area contributed by atoms with Crippen molar-refractivity contribution in [3.05, 3.63) is 90.0 Å². The van der Waals surface area contributed by atoms with E-state index in [2.05, 4.69) is 10.9 Å². The molecule has 0 saturated carbocycles. The topological polar surface area (TPSA) is 70.7 Å². The number of anilines is 2. The summed E-state index contributed by atoms with van der Waals surface area (Å²) < 4.78 is 5.61. The van der Waals surface area contributed by atoms with Gasteiger partial charge >= 0.3 is 6.03 Å². The van der Waals surface area contributed by atoms with Gasteiger partial charge in [-0.3, -0.25) is 15.1 Å². The zero-order valence-corrected chi connectivity index (χ0v) is 16.4. The highest BCUT2D eigenvalue weighted by atomic mass is 16.5. The number of rotatable bonds is 5. The summed E-state index contributed by atoms with van der Waals surface area (Å²) in [5, 5.41) is 0. The van der Waals surface area contributed by atoms with Gasteiger partial charge < -0.3 is 4.74 Å². The lowest BCUT2D eigenvalue weighted by atomic mass is 10.1. The standard InChI is InChI=1S/C23H23N3O3/c1-17-10-9-11-18(2)22(17)29-16-21(27)24-25-23(28)26(19-12-5-3-6-13-19)20-14-7-4-8-15-20/h3-15H,16H2,1-2H3,(H,24,27)(H,25,28). The largest absolute Gasteiger partial charge is 0.483 e. The van der Waals surface area contributed by atoms with Gasteiger partial charge in [-0.2, -0.15) is 0 Å². The number of hydrazine groups is 1. The van der Waals surface area contributed by atoms with Crippen LogP contribution >= 0.6 is 0 Å². The number of hydrogen-bond donors (Lipinski definition) is 2. The van der Waals surface area contributed by atoms with Gasteiger partial charge in [-0.1, -0.05) is 54.6 Å². The highest BCUT2D eigenvalue weighted by Crippen LogP contribution is 2.25. The van der Waals surface area contributed by atoms with Gasteiger partial charge in [-0.25, -0.2) is 10.2 Å². The molecule has 6 heteroatoms. The van der Waals surface area contributed by atoms with Gasteiger partial charge in [0.1, 0.15) is 5.75 Å². The van der Waals surface area contributed by atoms with Crippen molar-refractivity contribution in [1.29, 1.82) is 0 Å². The molecule has 0 saturated heterocycles. The Morgan fingerprint density at radius 1 is 0.759 bits per heavy atom. The second kappa shape index (κ2) is 9.41. The first kappa shape index (κ1) is 19.9. The minimum Gasteiger partial charge on any atom is -0.483 e. The predicted molar refractivity (Wildman–Crippen MR) is 113 cm³/mol. The number of urea groups is 1. The van der Waals surface area contributed by atoms with Crippen LogP contribution in [0.1, 0.15) is 11.1 Å². The van der Waals surface area contributed by atoms with Gasteiger partial charge in [0.2, 0.25) is 0 Å². The average molecular weight is 389 g/mol. The molecule has 3 rings (SSSR count). The Hall–Kier alpha value is -3.80. The summed E-state index contributed by atoms with van der Waals surface area (Å²) in [4.78, 5) is 26.4. The highest BCUT2D eigenvalue weighted by molar-refractivity contribution is 6.00. The molecule has 6 nitrogen and oxygen atoms in total. The van der Waals surface area contributed by atoms with Crippen molar-refractivity contribution in [2.45, 2.75) is 13.8 Å². The van der Waals surface area contributed by atoms with Crippen molar-refractivity contribution < 1.29 is 14.3 Å². The number of nitrogens with zero attached hydrogens (tertiary/aromatic N) is 1. The van der Waals surface area contributed by atoms with Crippen molar-refractivity contribution in [3.63, 3.8) is 0 Å². The first-order valence-corrected chi connectivity index (χ1v) is 9.24. The minimum atomic E-state index is -0.483. The zero-order chi connectivity index (χ0) is 20.6. The number of hydrogen-bond acceptors (Lipinski definition) is 3. The van der Waals surface area contributed by atoms with E-state index in [1.165, 1.54) is 4.90 Å². The van der Waals surface area contributed by atoms with Gasteiger partial charge in [-0.05, 0) is 49.2 Å². The first-order chi connectivity index (χ1) is 14.1. The van der Waals surface area contributed by atoms with Gasteiger partial charge in [0, 0.05) is 0 Å². The van der Waals surface area contributed by atoms with Gasteiger partial charge in [0.15, 0.2) is 6.61 Å². The number of carbonyl (C=O) groups excluding carboxylic acids is 2.